The molecule has 0 bridgehead atoms. The maximum atomic E-state index is 10.3. The van der Waals surface area contributed by atoms with Crippen molar-refractivity contribution in [3.05, 3.63) is 45.4 Å². The molecule has 1 unspecified atom stereocenters. The third-order valence-electron chi connectivity index (χ3n) is 3.09. The van der Waals surface area contributed by atoms with Crippen molar-refractivity contribution in [1.82, 2.24) is 14.8 Å². The monoisotopic (exact) mass is 309 g/mol. The first-order valence-electron chi connectivity index (χ1n) is 5.77. The van der Waals surface area contributed by atoms with Crippen LogP contribution in [0.15, 0.2) is 22.9 Å². The van der Waals surface area contributed by atoms with Crippen LogP contribution in [-0.4, -0.2) is 19.9 Å². The number of aliphatic hydroxyl groups is 1. The SMILES string of the molecule is Cc1ccncc1C(O)Cc1c(Br)c(C)nn1C. The highest BCUT2D eigenvalue weighted by Crippen LogP contribution is 2.26. The Morgan fingerprint density at radius 2 is 2.17 bits per heavy atom. The van der Waals surface area contributed by atoms with E-state index in [1.807, 2.05) is 27.0 Å². The average molecular weight is 310 g/mol. The molecule has 2 rings (SSSR count). The van der Waals surface area contributed by atoms with E-state index >= 15 is 0 Å². The minimum atomic E-state index is -0.565. The van der Waals surface area contributed by atoms with E-state index < -0.39 is 6.10 Å². The van der Waals surface area contributed by atoms with Crippen molar-refractivity contribution in [2.75, 3.05) is 0 Å². The largest absolute Gasteiger partial charge is 0.388 e. The summed E-state index contributed by atoms with van der Waals surface area (Å²) in [4.78, 5) is 4.06. The summed E-state index contributed by atoms with van der Waals surface area (Å²) in [6.07, 6.45) is 3.40. The summed E-state index contributed by atoms with van der Waals surface area (Å²) < 4.78 is 2.76. The van der Waals surface area contributed by atoms with Crippen molar-refractivity contribution in [2.45, 2.75) is 26.4 Å². The number of rotatable bonds is 3. The van der Waals surface area contributed by atoms with Crippen molar-refractivity contribution in [3.63, 3.8) is 0 Å². The summed E-state index contributed by atoms with van der Waals surface area (Å²) >= 11 is 3.51. The zero-order valence-electron chi connectivity index (χ0n) is 10.7. The van der Waals surface area contributed by atoms with Gasteiger partial charge in [-0.3, -0.25) is 9.67 Å². The molecule has 0 radical (unpaired) electrons. The van der Waals surface area contributed by atoms with Crippen LogP contribution in [0.5, 0.6) is 0 Å². The van der Waals surface area contributed by atoms with Gasteiger partial charge in [0.25, 0.3) is 0 Å². The van der Waals surface area contributed by atoms with E-state index in [2.05, 4.69) is 26.0 Å². The molecule has 0 fully saturated rings. The fourth-order valence-corrected chi connectivity index (χ4v) is 2.52. The predicted molar refractivity (Wildman–Crippen MR) is 73.3 cm³/mol. The number of aliphatic hydroxyl groups excluding tert-OH is 1. The van der Waals surface area contributed by atoms with Gasteiger partial charge >= 0.3 is 0 Å². The van der Waals surface area contributed by atoms with Gasteiger partial charge in [0.1, 0.15) is 0 Å². The van der Waals surface area contributed by atoms with Gasteiger partial charge in [-0.2, -0.15) is 5.10 Å². The molecule has 2 heterocycles. The van der Waals surface area contributed by atoms with Crippen LogP contribution in [0.1, 0.15) is 28.6 Å². The third kappa shape index (κ3) is 2.47. The summed E-state index contributed by atoms with van der Waals surface area (Å²) in [6, 6.07) is 1.90. The second-order valence-electron chi connectivity index (χ2n) is 4.42. The lowest BCUT2D eigenvalue weighted by molar-refractivity contribution is 0.174. The third-order valence-corrected chi connectivity index (χ3v) is 4.12. The first-order valence-corrected chi connectivity index (χ1v) is 6.56. The number of aryl methyl sites for hydroxylation is 3. The average Bonchev–Trinajstić information content (AvgIpc) is 2.56. The minimum absolute atomic E-state index is 0.518. The summed E-state index contributed by atoms with van der Waals surface area (Å²) in [5, 5.41) is 14.6. The van der Waals surface area contributed by atoms with Gasteiger partial charge in [-0.05, 0) is 41.4 Å². The molecular weight excluding hydrogens is 294 g/mol. The molecule has 0 spiro atoms. The van der Waals surface area contributed by atoms with Crippen LogP contribution in [-0.2, 0) is 13.5 Å². The molecular formula is C13H16BrN3O. The molecule has 0 aromatic carbocycles. The normalized spacial score (nSPS) is 12.7. The Labute approximate surface area is 115 Å². The fraction of sp³-hybridized carbons (Fsp3) is 0.385. The summed E-state index contributed by atoms with van der Waals surface area (Å²) in [5.74, 6) is 0. The van der Waals surface area contributed by atoms with Crippen LogP contribution in [0, 0.1) is 13.8 Å². The zero-order valence-corrected chi connectivity index (χ0v) is 12.3. The first-order chi connectivity index (χ1) is 8.50. The molecule has 0 aliphatic carbocycles. The number of halogens is 1. The van der Waals surface area contributed by atoms with Gasteiger partial charge in [-0.1, -0.05) is 0 Å². The lowest BCUT2D eigenvalue weighted by Crippen LogP contribution is -2.08. The summed E-state index contributed by atoms with van der Waals surface area (Å²) in [5.41, 5.74) is 3.83. The lowest BCUT2D eigenvalue weighted by atomic mass is 10.0. The van der Waals surface area contributed by atoms with E-state index in [4.69, 9.17) is 0 Å². The highest BCUT2D eigenvalue weighted by molar-refractivity contribution is 9.10. The Kier molecular flexibility index (Phi) is 3.82. The fourth-order valence-electron chi connectivity index (χ4n) is 2.02. The van der Waals surface area contributed by atoms with Gasteiger partial charge in [0.2, 0.25) is 0 Å². The van der Waals surface area contributed by atoms with Gasteiger partial charge in [0.15, 0.2) is 0 Å². The van der Waals surface area contributed by atoms with E-state index in [9.17, 15) is 5.11 Å². The van der Waals surface area contributed by atoms with E-state index in [0.29, 0.717) is 6.42 Å². The summed E-state index contributed by atoms with van der Waals surface area (Å²) in [7, 11) is 1.88. The molecule has 5 heteroatoms. The van der Waals surface area contributed by atoms with Crippen molar-refractivity contribution in [1.29, 1.82) is 0 Å². The maximum absolute atomic E-state index is 10.3. The first kappa shape index (κ1) is 13.2. The van der Waals surface area contributed by atoms with Crippen molar-refractivity contribution in [3.8, 4) is 0 Å². The molecule has 4 nitrogen and oxygen atoms in total. The van der Waals surface area contributed by atoms with E-state index in [-0.39, 0.29) is 0 Å². The Hall–Kier alpha value is -1.20. The molecule has 0 saturated carbocycles. The van der Waals surface area contributed by atoms with Gasteiger partial charge in [0.05, 0.1) is 22.0 Å². The molecule has 0 aliphatic rings. The summed E-state index contributed by atoms with van der Waals surface area (Å²) in [6.45, 7) is 3.92. The molecule has 1 N–H and O–H groups in total. The Morgan fingerprint density at radius 1 is 1.44 bits per heavy atom. The van der Waals surface area contributed by atoms with E-state index in [1.54, 1.807) is 17.1 Å². The second-order valence-corrected chi connectivity index (χ2v) is 5.21. The number of nitrogens with zero attached hydrogens (tertiary/aromatic N) is 3. The topological polar surface area (TPSA) is 50.9 Å². The van der Waals surface area contributed by atoms with Crippen LogP contribution >= 0.6 is 15.9 Å². The molecule has 2 aromatic heterocycles. The van der Waals surface area contributed by atoms with Crippen LogP contribution in [0.25, 0.3) is 0 Å². The van der Waals surface area contributed by atoms with E-state index in [0.717, 1.165) is 27.0 Å². The molecule has 2 aromatic rings. The minimum Gasteiger partial charge on any atom is -0.388 e. The molecule has 0 amide bonds. The Bertz CT molecular complexity index is 565. The standard InChI is InChI=1S/C13H16BrN3O/c1-8-4-5-15-7-10(8)12(18)6-11-13(14)9(2)16-17(11)3/h4-5,7,12,18H,6H2,1-3H3. The molecule has 18 heavy (non-hydrogen) atoms. The smallest absolute Gasteiger partial charge is 0.0863 e. The van der Waals surface area contributed by atoms with Gasteiger partial charge in [-0.15, -0.1) is 0 Å². The molecule has 96 valence electrons. The number of aromatic nitrogens is 3. The molecule has 0 saturated heterocycles. The van der Waals surface area contributed by atoms with Crippen LogP contribution in [0.3, 0.4) is 0 Å². The zero-order chi connectivity index (χ0) is 13.3. The Balaban J connectivity index is 2.27. The van der Waals surface area contributed by atoms with Gasteiger partial charge in [-0.25, -0.2) is 0 Å². The highest BCUT2D eigenvalue weighted by atomic mass is 79.9. The van der Waals surface area contributed by atoms with Gasteiger partial charge < -0.3 is 5.11 Å². The molecule has 1 atom stereocenters. The van der Waals surface area contributed by atoms with Crippen LogP contribution in [0.4, 0.5) is 0 Å². The molecule has 0 aliphatic heterocycles. The van der Waals surface area contributed by atoms with Crippen molar-refractivity contribution in [2.24, 2.45) is 7.05 Å². The van der Waals surface area contributed by atoms with E-state index in [1.165, 1.54) is 0 Å². The van der Waals surface area contributed by atoms with Crippen molar-refractivity contribution >= 4 is 15.9 Å². The lowest BCUT2D eigenvalue weighted by Gasteiger charge is -2.13. The quantitative estimate of drug-likeness (QED) is 0.947. The van der Waals surface area contributed by atoms with Crippen LogP contribution < -0.4 is 0 Å². The number of pyridine rings is 1. The number of hydrogen-bond donors (Lipinski definition) is 1. The highest BCUT2D eigenvalue weighted by Gasteiger charge is 2.17. The predicted octanol–water partition coefficient (Wildman–Crippen LogP) is 2.47. The van der Waals surface area contributed by atoms with Gasteiger partial charge in [0, 0.05) is 31.4 Å². The second kappa shape index (κ2) is 5.20. The Morgan fingerprint density at radius 3 is 2.72 bits per heavy atom. The van der Waals surface area contributed by atoms with Crippen LogP contribution in [0.2, 0.25) is 0 Å². The van der Waals surface area contributed by atoms with Crippen molar-refractivity contribution < 1.29 is 5.11 Å². The number of hydrogen-bond acceptors (Lipinski definition) is 3. The maximum Gasteiger partial charge on any atom is 0.0863 e.